The normalized spacial score (nSPS) is 24.1. The molecule has 4 N–H and O–H groups in total. The van der Waals surface area contributed by atoms with Gasteiger partial charge in [-0.3, -0.25) is 14.2 Å². The molecule has 2 aromatic rings. The van der Waals surface area contributed by atoms with E-state index in [9.17, 15) is 40.5 Å². The number of esters is 2. The van der Waals surface area contributed by atoms with Gasteiger partial charge in [0.05, 0.1) is 30.8 Å². The van der Waals surface area contributed by atoms with Gasteiger partial charge in [0.25, 0.3) is 0 Å². The number of hydrogen-bond acceptors (Lipinski definition) is 10. The number of aromatic nitrogens is 4. The van der Waals surface area contributed by atoms with Crippen molar-refractivity contribution in [1.82, 2.24) is 29.7 Å². The minimum absolute atomic E-state index is 0.00574. The maximum Gasteiger partial charge on any atom is 0.391 e. The molecule has 13 nitrogen and oxygen atoms in total. The molecule has 0 radical (unpaired) electrons. The molecule has 1 atom stereocenters. The molecule has 0 aromatic carbocycles. The van der Waals surface area contributed by atoms with Crippen LogP contribution in [-0.2, 0) is 34.9 Å². The average molecular weight is 758 g/mol. The molecule has 2 saturated carbocycles. The van der Waals surface area contributed by atoms with E-state index in [1.807, 2.05) is 0 Å². The van der Waals surface area contributed by atoms with Crippen LogP contribution in [0.4, 0.5) is 32.2 Å². The molecular weight excluding hydrogens is 711 g/mol. The predicted octanol–water partition coefficient (Wildman–Crippen LogP) is 6.03. The summed E-state index contributed by atoms with van der Waals surface area (Å²) in [6, 6.07) is 0. The fraction of sp³-hybridized carbons (Fsp3) is 0.774. The SMILES string of the molecule is C[C@H](Cn1cnc2c(N)ncnc21)OCP(=O)(NC(C)(C)C(=O)OC1CCC(C(F)(F)F)CC1)NC(C)(C)C(=O)OC1CCC(C(F)(F)F)CC1. The van der Waals surface area contributed by atoms with E-state index in [1.54, 1.807) is 11.5 Å². The smallest absolute Gasteiger partial charge is 0.391 e. The number of rotatable bonds is 13. The van der Waals surface area contributed by atoms with E-state index in [1.165, 1.54) is 40.3 Å². The molecule has 2 fully saturated rings. The summed E-state index contributed by atoms with van der Waals surface area (Å²) in [5.74, 6) is -4.54. The second kappa shape index (κ2) is 15.5. The van der Waals surface area contributed by atoms with E-state index >= 15 is 0 Å². The Labute approximate surface area is 291 Å². The molecule has 0 unspecified atom stereocenters. The maximum absolute atomic E-state index is 14.6. The van der Waals surface area contributed by atoms with Crippen LogP contribution in [0.15, 0.2) is 12.7 Å². The van der Waals surface area contributed by atoms with Crippen LogP contribution in [0, 0.1) is 11.8 Å². The van der Waals surface area contributed by atoms with Crippen molar-refractivity contribution in [2.24, 2.45) is 11.8 Å². The largest absolute Gasteiger partial charge is 0.461 e. The zero-order chi connectivity index (χ0) is 38.0. The first kappa shape index (κ1) is 40.7. The zero-order valence-corrected chi connectivity index (χ0v) is 30.0. The van der Waals surface area contributed by atoms with Gasteiger partial charge in [0.15, 0.2) is 11.5 Å². The highest BCUT2D eigenvalue weighted by molar-refractivity contribution is 7.59. The molecule has 51 heavy (non-hydrogen) atoms. The fourth-order valence-electron chi connectivity index (χ4n) is 6.29. The lowest BCUT2D eigenvalue weighted by Crippen LogP contribution is -2.55. The van der Waals surface area contributed by atoms with Gasteiger partial charge in [-0.05, 0) is 86.0 Å². The average Bonchev–Trinajstić information content (AvgIpc) is 3.43. The van der Waals surface area contributed by atoms with Gasteiger partial charge < -0.3 is 24.5 Å². The Morgan fingerprint density at radius 1 is 0.843 bits per heavy atom. The molecule has 0 saturated heterocycles. The molecule has 2 aromatic heterocycles. The van der Waals surface area contributed by atoms with Gasteiger partial charge >= 0.3 is 24.3 Å². The van der Waals surface area contributed by atoms with Crippen molar-refractivity contribution in [2.75, 3.05) is 12.1 Å². The monoisotopic (exact) mass is 757 g/mol. The van der Waals surface area contributed by atoms with E-state index in [4.69, 9.17) is 19.9 Å². The van der Waals surface area contributed by atoms with Crippen LogP contribution in [0.2, 0.25) is 0 Å². The lowest BCUT2D eigenvalue weighted by atomic mass is 9.87. The topological polar surface area (TPSA) is 173 Å². The van der Waals surface area contributed by atoms with Crippen molar-refractivity contribution in [3.05, 3.63) is 12.7 Å². The number of imidazole rings is 1. The second-order valence-corrected chi connectivity index (χ2v) is 16.7. The van der Waals surface area contributed by atoms with E-state index in [0.29, 0.717) is 11.2 Å². The Bertz CT molecular complexity index is 1500. The Balaban J connectivity index is 1.46. The van der Waals surface area contributed by atoms with Gasteiger partial charge in [0, 0.05) is 0 Å². The highest BCUT2D eigenvalue weighted by Crippen LogP contribution is 2.44. The number of fused-ring (bicyclic) bond motifs is 1. The number of ether oxygens (including phenoxy) is 3. The van der Waals surface area contributed by atoms with E-state index in [2.05, 4.69) is 25.1 Å². The first-order valence-electron chi connectivity index (χ1n) is 16.8. The highest BCUT2D eigenvalue weighted by atomic mass is 31.2. The molecule has 0 amide bonds. The summed E-state index contributed by atoms with van der Waals surface area (Å²) in [6.45, 7) is 7.35. The summed E-state index contributed by atoms with van der Waals surface area (Å²) < 4.78 is 112. The van der Waals surface area contributed by atoms with Crippen molar-refractivity contribution >= 4 is 36.4 Å². The minimum atomic E-state index is -4.34. The number of nitrogens with two attached hydrogens (primary N) is 1. The number of alkyl halides is 6. The predicted molar refractivity (Wildman–Crippen MR) is 173 cm³/mol. The lowest BCUT2D eigenvalue weighted by molar-refractivity contribution is -0.190. The standard InChI is InChI=1S/C31H46F6N7O6P/c1-18(14-44-16-41-23-24(38)39-15-40-25(23)44)48-17-51(47,42-28(2,3)26(45)49-21-10-6-19(7-11-21)30(32,33)34)43-29(4,5)27(46)50-22-12-8-20(9-13-22)31(35,36)37/h15-16,18-22H,6-14,17H2,1-5H3,(H2,38,39,40)(H2,42,43,47)/t18-,19?,20?,21?,22?,51?/m1/s1. The van der Waals surface area contributed by atoms with E-state index in [-0.39, 0.29) is 63.7 Å². The van der Waals surface area contributed by atoms with Crippen molar-refractivity contribution in [2.45, 2.75) is 134 Å². The lowest BCUT2D eigenvalue weighted by Gasteiger charge is -2.37. The molecule has 2 aliphatic rings. The zero-order valence-electron chi connectivity index (χ0n) is 29.1. The first-order chi connectivity index (χ1) is 23.5. The van der Waals surface area contributed by atoms with Crippen molar-refractivity contribution in [3.8, 4) is 0 Å². The summed E-state index contributed by atoms with van der Waals surface area (Å²) in [5, 5.41) is 5.51. The Hall–Kier alpha value is -3.02. The number of hydrogen-bond donors (Lipinski definition) is 3. The van der Waals surface area contributed by atoms with Crippen LogP contribution in [-0.4, -0.2) is 79.5 Å². The number of carbonyl (C=O) groups is 2. The Morgan fingerprint density at radius 2 is 1.29 bits per heavy atom. The van der Waals surface area contributed by atoms with Crippen LogP contribution in [0.3, 0.4) is 0 Å². The summed E-state index contributed by atoms with van der Waals surface area (Å²) in [7, 11) is -4.13. The molecule has 288 valence electrons. The number of nitrogen functional groups attached to an aromatic ring is 1. The van der Waals surface area contributed by atoms with Gasteiger partial charge in [-0.25, -0.2) is 25.1 Å². The van der Waals surface area contributed by atoms with Crippen LogP contribution >= 0.6 is 7.44 Å². The van der Waals surface area contributed by atoms with Gasteiger partial charge in [-0.2, -0.15) is 26.3 Å². The molecule has 0 aliphatic heterocycles. The Kier molecular flexibility index (Phi) is 12.4. The number of nitrogens with one attached hydrogen (secondary N) is 2. The van der Waals surface area contributed by atoms with Crippen LogP contribution < -0.4 is 15.9 Å². The summed E-state index contributed by atoms with van der Waals surface area (Å²) in [4.78, 5) is 39.0. The van der Waals surface area contributed by atoms with E-state index < -0.39 is 79.3 Å². The second-order valence-electron chi connectivity index (χ2n) is 14.5. The third-order valence-electron chi connectivity index (χ3n) is 9.19. The number of halogens is 6. The first-order valence-corrected chi connectivity index (χ1v) is 18.6. The summed E-state index contributed by atoms with van der Waals surface area (Å²) >= 11 is 0. The molecule has 2 heterocycles. The van der Waals surface area contributed by atoms with Crippen LogP contribution in [0.5, 0.6) is 0 Å². The maximum atomic E-state index is 14.6. The van der Waals surface area contributed by atoms with Crippen molar-refractivity contribution < 1.29 is 54.7 Å². The molecule has 0 spiro atoms. The van der Waals surface area contributed by atoms with Crippen molar-refractivity contribution in [1.29, 1.82) is 0 Å². The fourth-order valence-corrected chi connectivity index (χ4v) is 8.93. The minimum Gasteiger partial charge on any atom is -0.461 e. The molecule has 0 bridgehead atoms. The van der Waals surface area contributed by atoms with Crippen molar-refractivity contribution in [3.63, 3.8) is 0 Å². The number of anilines is 1. The molecular formula is C31H46F6N7O6P. The van der Waals surface area contributed by atoms with Gasteiger partial charge in [0.2, 0.25) is 7.44 Å². The third kappa shape index (κ3) is 10.8. The number of nitrogens with zero attached hydrogens (tertiary/aromatic N) is 4. The molecule has 2 aliphatic carbocycles. The van der Waals surface area contributed by atoms with Crippen LogP contribution in [0.1, 0.15) is 86.0 Å². The summed E-state index contributed by atoms with van der Waals surface area (Å²) in [6.07, 6.45) is -9.45. The van der Waals surface area contributed by atoms with E-state index in [0.717, 1.165) is 0 Å². The number of carbonyl (C=O) groups excluding carboxylic acids is 2. The van der Waals surface area contributed by atoms with Gasteiger partial charge in [0.1, 0.15) is 41.5 Å². The van der Waals surface area contributed by atoms with Gasteiger partial charge in [-0.1, -0.05) is 0 Å². The van der Waals surface area contributed by atoms with Gasteiger partial charge in [-0.15, -0.1) is 0 Å². The molecule has 20 heteroatoms. The quantitative estimate of drug-likeness (QED) is 0.123. The third-order valence-corrected chi connectivity index (χ3v) is 11.5. The molecule has 4 rings (SSSR count). The summed E-state index contributed by atoms with van der Waals surface area (Å²) in [5.41, 5.74) is 3.28. The highest BCUT2D eigenvalue weighted by Gasteiger charge is 2.47. The van der Waals surface area contributed by atoms with Crippen LogP contribution in [0.25, 0.3) is 11.2 Å². The Morgan fingerprint density at radius 3 is 1.73 bits per heavy atom.